The summed E-state index contributed by atoms with van der Waals surface area (Å²) in [7, 11) is 0. The molecule has 0 unspecified atom stereocenters. The number of nitrogens with one attached hydrogen (secondary N) is 3. The number of para-hydroxylation sites is 1. The van der Waals surface area contributed by atoms with E-state index in [1.165, 1.54) is 0 Å². The molecule has 0 atom stereocenters. The third-order valence-electron chi connectivity index (χ3n) is 4.39. The van der Waals surface area contributed by atoms with Crippen molar-refractivity contribution in [1.82, 2.24) is 15.5 Å². The summed E-state index contributed by atoms with van der Waals surface area (Å²) in [6, 6.07) is 16.6. The number of hydrogen-bond acceptors (Lipinski definition) is 5. The van der Waals surface area contributed by atoms with Crippen LogP contribution in [0.3, 0.4) is 0 Å². The molecule has 0 saturated carbocycles. The Hall–Kier alpha value is -3.94. The van der Waals surface area contributed by atoms with E-state index in [4.69, 9.17) is 4.74 Å². The fraction of sp³-hybridized carbons (Fsp3) is 0.182. The largest absolute Gasteiger partial charge is 0.451 e. The molecule has 0 saturated heterocycles. The molecule has 30 heavy (non-hydrogen) atoms. The number of rotatable bonds is 7. The number of anilines is 1. The van der Waals surface area contributed by atoms with Crippen LogP contribution in [-0.4, -0.2) is 41.1 Å². The van der Waals surface area contributed by atoms with E-state index in [0.29, 0.717) is 5.69 Å². The Balaban J connectivity index is 1.45. The third kappa shape index (κ3) is 5.32. The van der Waals surface area contributed by atoms with Crippen LogP contribution in [0.4, 0.5) is 5.69 Å². The van der Waals surface area contributed by atoms with E-state index >= 15 is 0 Å². The van der Waals surface area contributed by atoms with Crippen LogP contribution in [0.15, 0.2) is 54.6 Å². The van der Waals surface area contributed by atoms with E-state index in [9.17, 15) is 14.4 Å². The lowest BCUT2D eigenvalue weighted by molar-refractivity contribution is -0.126. The van der Waals surface area contributed by atoms with Crippen LogP contribution >= 0.6 is 0 Å². The molecule has 8 nitrogen and oxygen atoms in total. The number of benzene rings is 2. The van der Waals surface area contributed by atoms with Crippen LogP contribution in [0, 0.1) is 13.8 Å². The average Bonchev–Trinajstić information content (AvgIpc) is 3.24. The van der Waals surface area contributed by atoms with Gasteiger partial charge in [-0.25, -0.2) is 4.79 Å². The van der Waals surface area contributed by atoms with Gasteiger partial charge in [-0.05, 0) is 31.0 Å². The van der Waals surface area contributed by atoms with Gasteiger partial charge in [-0.3, -0.25) is 14.7 Å². The first-order valence-corrected chi connectivity index (χ1v) is 9.35. The van der Waals surface area contributed by atoms with Gasteiger partial charge in [-0.15, -0.1) is 0 Å². The maximum Gasteiger partial charge on any atom is 0.356 e. The molecular formula is C22H22N4O4. The average molecular weight is 406 g/mol. The van der Waals surface area contributed by atoms with Crippen molar-refractivity contribution in [3.05, 3.63) is 71.4 Å². The Morgan fingerprint density at radius 1 is 0.967 bits per heavy atom. The van der Waals surface area contributed by atoms with Crippen molar-refractivity contribution < 1.29 is 19.1 Å². The highest BCUT2D eigenvalue weighted by molar-refractivity contribution is 5.96. The van der Waals surface area contributed by atoms with Crippen LogP contribution in [0.1, 0.15) is 21.6 Å². The molecule has 3 aromatic rings. The van der Waals surface area contributed by atoms with Crippen molar-refractivity contribution in [3.63, 3.8) is 0 Å². The van der Waals surface area contributed by atoms with Gasteiger partial charge in [0.15, 0.2) is 6.61 Å². The second kappa shape index (κ2) is 9.51. The fourth-order valence-corrected chi connectivity index (χ4v) is 2.82. The molecule has 3 N–H and O–H groups in total. The molecule has 8 heteroatoms. The predicted octanol–water partition coefficient (Wildman–Crippen LogP) is 2.61. The summed E-state index contributed by atoms with van der Waals surface area (Å²) in [4.78, 5) is 36.1. The number of carbonyl (C=O) groups is 3. The van der Waals surface area contributed by atoms with Gasteiger partial charge >= 0.3 is 5.97 Å². The first-order chi connectivity index (χ1) is 14.4. The van der Waals surface area contributed by atoms with Gasteiger partial charge in [-0.1, -0.05) is 48.5 Å². The Morgan fingerprint density at radius 3 is 2.37 bits per heavy atom. The predicted molar refractivity (Wildman–Crippen MR) is 112 cm³/mol. The molecule has 154 valence electrons. The number of carbonyl (C=O) groups excluding carboxylic acids is 3. The quantitative estimate of drug-likeness (QED) is 0.522. The Kier molecular flexibility index (Phi) is 6.59. The van der Waals surface area contributed by atoms with Gasteiger partial charge in [0.2, 0.25) is 5.91 Å². The van der Waals surface area contributed by atoms with Gasteiger partial charge in [0.05, 0.1) is 12.2 Å². The van der Waals surface area contributed by atoms with E-state index in [1.54, 1.807) is 6.07 Å². The number of ether oxygens (including phenoxy) is 1. The van der Waals surface area contributed by atoms with Crippen molar-refractivity contribution in [3.8, 4) is 11.3 Å². The normalized spacial score (nSPS) is 10.3. The molecule has 3 rings (SSSR count). The number of esters is 1. The second-order valence-electron chi connectivity index (χ2n) is 6.70. The lowest BCUT2D eigenvalue weighted by atomic mass is 10.1. The summed E-state index contributed by atoms with van der Waals surface area (Å²) in [5, 5.41) is 11.9. The molecule has 0 radical (unpaired) electrons. The highest BCUT2D eigenvalue weighted by atomic mass is 16.5. The number of nitrogens with zero attached hydrogens (tertiary/aromatic N) is 1. The molecule has 0 aliphatic carbocycles. The number of H-pyrrole nitrogens is 1. The van der Waals surface area contributed by atoms with E-state index in [0.717, 1.165) is 22.4 Å². The number of hydrogen-bond donors (Lipinski definition) is 3. The fourth-order valence-electron chi connectivity index (χ4n) is 2.82. The summed E-state index contributed by atoms with van der Waals surface area (Å²) < 4.78 is 4.97. The second-order valence-corrected chi connectivity index (χ2v) is 6.70. The first-order valence-electron chi connectivity index (χ1n) is 9.35. The topological polar surface area (TPSA) is 113 Å². The van der Waals surface area contributed by atoms with Crippen LogP contribution in [0.2, 0.25) is 0 Å². The van der Waals surface area contributed by atoms with Crippen molar-refractivity contribution in [2.75, 3.05) is 18.5 Å². The van der Waals surface area contributed by atoms with Crippen LogP contribution in [-0.2, 0) is 14.3 Å². The standard InChI is InChI=1S/C22H22N4O4/c1-14-7-6-8-15(2)21(14)24-19(27)12-23-20(28)13-30-22(29)18-11-17(25-26-18)16-9-4-3-5-10-16/h3-11H,12-13H2,1-2H3,(H,23,28)(H,24,27)(H,25,26). The number of aromatic nitrogens is 2. The van der Waals surface area contributed by atoms with Gasteiger partial charge < -0.3 is 15.4 Å². The number of aromatic amines is 1. The Morgan fingerprint density at radius 2 is 1.67 bits per heavy atom. The zero-order chi connectivity index (χ0) is 21.5. The van der Waals surface area contributed by atoms with E-state index < -0.39 is 18.5 Å². The Bertz CT molecular complexity index is 1040. The molecule has 0 bridgehead atoms. The molecule has 2 aromatic carbocycles. The molecule has 0 fully saturated rings. The van der Waals surface area contributed by atoms with Crippen molar-refractivity contribution in [2.24, 2.45) is 0 Å². The summed E-state index contributed by atoms with van der Waals surface area (Å²) in [6.07, 6.45) is 0. The smallest absolute Gasteiger partial charge is 0.356 e. The molecule has 0 spiro atoms. The molecular weight excluding hydrogens is 384 g/mol. The van der Waals surface area contributed by atoms with Gasteiger partial charge in [0, 0.05) is 11.3 Å². The molecule has 2 amide bonds. The zero-order valence-electron chi connectivity index (χ0n) is 16.7. The number of amides is 2. The third-order valence-corrected chi connectivity index (χ3v) is 4.39. The minimum absolute atomic E-state index is 0.134. The van der Waals surface area contributed by atoms with E-state index in [2.05, 4.69) is 20.8 Å². The van der Waals surface area contributed by atoms with E-state index in [-0.39, 0.29) is 18.1 Å². The maximum atomic E-state index is 12.1. The lowest BCUT2D eigenvalue weighted by Crippen LogP contribution is -2.35. The SMILES string of the molecule is Cc1cccc(C)c1NC(=O)CNC(=O)COC(=O)c1cc(-c2ccccc2)n[nH]1. The van der Waals surface area contributed by atoms with E-state index in [1.807, 2.05) is 62.4 Å². The van der Waals surface area contributed by atoms with Gasteiger partial charge in [-0.2, -0.15) is 5.10 Å². The summed E-state index contributed by atoms with van der Waals surface area (Å²) in [5.74, 6) is -1.66. The van der Waals surface area contributed by atoms with Crippen molar-refractivity contribution in [1.29, 1.82) is 0 Å². The lowest BCUT2D eigenvalue weighted by Gasteiger charge is -2.12. The summed E-state index contributed by atoms with van der Waals surface area (Å²) in [5.41, 5.74) is 4.15. The Labute approximate surface area is 173 Å². The monoisotopic (exact) mass is 406 g/mol. The first kappa shape index (κ1) is 20.8. The van der Waals surface area contributed by atoms with Crippen molar-refractivity contribution >= 4 is 23.5 Å². The minimum atomic E-state index is -0.709. The summed E-state index contributed by atoms with van der Waals surface area (Å²) >= 11 is 0. The highest BCUT2D eigenvalue weighted by Crippen LogP contribution is 2.19. The molecule has 0 aliphatic rings. The maximum absolute atomic E-state index is 12.1. The van der Waals surface area contributed by atoms with Crippen LogP contribution < -0.4 is 10.6 Å². The van der Waals surface area contributed by atoms with Gasteiger partial charge in [0.1, 0.15) is 5.69 Å². The molecule has 0 aliphatic heterocycles. The van der Waals surface area contributed by atoms with Crippen LogP contribution in [0.5, 0.6) is 0 Å². The summed E-state index contributed by atoms with van der Waals surface area (Å²) in [6.45, 7) is 3.04. The van der Waals surface area contributed by atoms with Crippen LogP contribution in [0.25, 0.3) is 11.3 Å². The minimum Gasteiger partial charge on any atom is -0.451 e. The highest BCUT2D eigenvalue weighted by Gasteiger charge is 2.15. The zero-order valence-corrected chi connectivity index (χ0v) is 16.7. The van der Waals surface area contributed by atoms with Gasteiger partial charge in [0.25, 0.3) is 5.91 Å². The van der Waals surface area contributed by atoms with Crippen molar-refractivity contribution in [2.45, 2.75) is 13.8 Å². The molecule has 1 heterocycles. The number of aryl methyl sites for hydroxylation is 2. The molecule has 1 aromatic heterocycles.